The van der Waals surface area contributed by atoms with E-state index in [9.17, 15) is 4.79 Å². The zero-order chi connectivity index (χ0) is 15.4. The summed E-state index contributed by atoms with van der Waals surface area (Å²) in [5.41, 5.74) is 2.76. The molecule has 3 heterocycles. The molecule has 0 radical (unpaired) electrons. The Bertz CT molecular complexity index is 649. The van der Waals surface area contributed by atoms with Gasteiger partial charge in [0.2, 0.25) is 0 Å². The second kappa shape index (κ2) is 6.57. The Hall–Kier alpha value is -2.41. The molecule has 0 aromatic carbocycles. The van der Waals surface area contributed by atoms with E-state index in [1.54, 1.807) is 22.0 Å². The molecule has 0 aliphatic carbocycles. The quantitative estimate of drug-likeness (QED) is 0.919. The molecule has 1 aliphatic heterocycles. The maximum Gasteiger partial charge on any atom is 0.317 e. The normalized spacial score (nSPS) is 14.9. The summed E-state index contributed by atoms with van der Waals surface area (Å²) >= 11 is 0. The lowest BCUT2D eigenvalue weighted by Crippen LogP contribution is -2.45. The first-order valence-corrected chi connectivity index (χ1v) is 7.27. The Morgan fingerprint density at radius 1 is 1.41 bits per heavy atom. The highest BCUT2D eigenvalue weighted by atomic mass is 16.5. The van der Waals surface area contributed by atoms with Gasteiger partial charge in [-0.1, -0.05) is 6.07 Å². The fourth-order valence-corrected chi connectivity index (χ4v) is 2.43. The van der Waals surface area contributed by atoms with Crippen LogP contribution in [0.1, 0.15) is 5.56 Å². The first-order valence-electron chi connectivity index (χ1n) is 7.27. The van der Waals surface area contributed by atoms with Gasteiger partial charge in [0.1, 0.15) is 0 Å². The minimum atomic E-state index is -0.0655. The van der Waals surface area contributed by atoms with Crippen LogP contribution in [0.15, 0.2) is 30.7 Å². The molecule has 2 aromatic heterocycles. The molecule has 22 heavy (non-hydrogen) atoms. The van der Waals surface area contributed by atoms with Gasteiger partial charge in [0, 0.05) is 44.6 Å². The second-order valence-electron chi connectivity index (χ2n) is 5.17. The number of aryl methyl sites for hydroxylation is 1. The van der Waals surface area contributed by atoms with Gasteiger partial charge in [-0.2, -0.15) is 5.10 Å². The van der Waals surface area contributed by atoms with Crippen LogP contribution in [0.5, 0.6) is 0 Å². The van der Waals surface area contributed by atoms with Crippen LogP contribution in [0, 0.1) is 0 Å². The summed E-state index contributed by atoms with van der Waals surface area (Å²) in [5, 5.41) is 7.12. The Morgan fingerprint density at radius 3 is 2.95 bits per heavy atom. The lowest BCUT2D eigenvalue weighted by Gasteiger charge is -2.27. The summed E-state index contributed by atoms with van der Waals surface area (Å²) in [5.74, 6) is 0. The zero-order valence-corrected chi connectivity index (χ0v) is 12.5. The molecule has 1 saturated heterocycles. The van der Waals surface area contributed by atoms with Gasteiger partial charge in [0.05, 0.1) is 25.1 Å². The molecule has 0 unspecified atom stereocenters. The van der Waals surface area contributed by atoms with Crippen molar-refractivity contribution in [1.82, 2.24) is 25.0 Å². The van der Waals surface area contributed by atoms with Crippen LogP contribution >= 0.6 is 0 Å². The first-order chi connectivity index (χ1) is 10.7. The standard InChI is InChI=1S/C15H19N5O2/c1-19-11-13(10-18-19)14-12(3-2-4-16-14)9-17-15(21)20-5-7-22-8-6-20/h2-4,10-11H,5-9H2,1H3,(H,17,21). The minimum absolute atomic E-state index is 0.0655. The van der Waals surface area contributed by atoms with E-state index in [2.05, 4.69) is 15.4 Å². The molecule has 1 N–H and O–H groups in total. The number of rotatable bonds is 3. The number of amides is 2. The van der Waals surface area contributed by atoms with Crippen LogP contribution in [-0.2, 0) is 18.3 Å². The predicted octanol–water partition coefficient (Wildman–Crippen LogP) is 1.02. The van der Waals surface area contributed by atoms with Gasteiger partial charge in [-0.3, -0.25) is 9.67 Å². The molecule has 3 rings (SSSR count). The van der Waals surface area contributed by atoms with E-state index in [4.69, 9.17) is 4.74 Å². The van der Waals surface area contributed by atoms with Crippen LogP contribution < -0.4 is 5.32 Å². The van der Waals surface area contributed by atoms with Crippen LogP contribution in [0.2, 0.25) is 0 Å². The van der Waals surface area contributed by atoms with E-state index < -0.39 is 0 Å². The number of hydrogen-bond acceptors (Lipinski definition) is 4. The summed E-state index contributed by atoms with van der Waals surface area (Å²) in [6.07, 6.45) is 5.43. The Balaban J connectivity index is 1.69. The van der Waals surface area contributed by atoms with Crippen molar-refractivity contribution in [2.75, 3.05) is 26.3 Å². The van der Waals surface area contributed by atoms with Crippen LogP contribution in [0.25, 0.3) is 11.3 Å². The number of aromatic nitrogens is 3. The molecule has 1 aliphatic rings. The molecule has 0 bridgehead atoms. The molecule has 116 valence electrons. The third-order valence-electron chi connectivity index (χ3n) is 3.60. The highest BCUT2D eigenvalue weighted by molar-refractivity contribution is 5.74. The van der Waals surface area contributed by atoms with Crippen molar-refractivity contribution in [1.29, 1.82) is 0 Å². The number of carbonyl (C=O) groups excluding carboxylic acids is 1. The average molecular weight is 301 g/mol. The van der Waals surface area contributed by atoms with Crippen molar-refractivity contribution in [2.24, 2.45) is 7.05 Å². The van der Waals surface area contributed by atoms with E-state index in [1.165, 1.54) is 0 Å². The fourth-order valence-electron chi connectivity index (χ4n) is 2.43. The molecule has 2 amide bonds. The van der Waals surface area contributed by atoms with Crippen molar-refractivity contribution >= 4 is 6.03 Å². The van der Waals surface area contributed by atoms with Gasteiger partial charge in [-0.15, -0.1) is 0 Å². The van der Waals surface area contributed by atoms with E-state index in [1.807, 2.05) is 25.4 Å². The van der Waals surface area contributed by atoms with Crippen LogP contribution in [-0.4, -0.2) is 52.0 Å². The van der Waals surface area contributed by atoms with Crippen molar-refractivity contribution in [3.63, 3.8) is 0 Å². The highest BCUT2D eigenvalue weighted by Crippen LogP contribution is 2.20. The van der Waals surface area contributed by atoms with Gasteiger partial charge in [0.25, 0.3) is 0 Å². The van der Waals surface area contributed by atoms with Gasteiger partial charge >= 0.3 is 6.03 Å². The lowest BCUT2D eigenvalue weighted by molar-refractivity contribution is 0.0531. The summed E-state index contributed by atoms with van der Waals surface area (Å²) in [6, 6.07) is 3.77. The van der Waals surface area contributed by atoms with Gasteiger partial charge in [-0.05, 0) is 11.6 Å². The largest absolute Gasteiger partial charge is 0.378 e. The van der Waals surface area contributed by atoms with Crippen LogP contribution in [0.3, 0.4) is 0 Å². The lowest BCUT2D eigenvalue weighted by atomic mass is 10.1. The van der Waals surface area contributed by atoms with Crippen molar-refractivity contribution in [2.45, 2.75) is 6.54 Å². The van der Waals surface area contributed by atoms with Crippen molar-refractivity contribution < 1.29 is 9.53 Å². The number of ether oxygens (including phenoxy) is 1. The number of carbonyl (C=O) groups is 1. The van der Waals surface area contributed by atoms with Crippen LogP contribution in [0.4, 0.5) is 4.79 Å². The topological polar surface area (TPSA) is 72.3 Å². The second-order valence-corrected chi connectivity index (χ2v) is 5.17. The predicted molar refractivity (Wildman–Crippen MR) is 81.1 cm³/mol. The zero-order valence-electron chi connectivity index (χ0n) is 12.5. The van der Waals surface area contributed by atoms with Gasteiger partial charge in [0.15, 0.2) is 0 Å². The van der Waals surface area contributed by atoms with E-state index in [0.29, 0.717) is 32.8 Å². The first kappa shape index (κ1) is 14.5. The van der Waals surface area contributed by atoms with Gasteiger partial charge < -0.3 is 15.0 Å². The maximum atomic E-state index is 12.1. The summed E-state index contributed by atoms with van der Waals surface area (Å²) < 4.78 is 6.99. The molecule has 2 aromatic rings. The number of morpholine rings is 1. The Labute approximate surface area is 128 Å². The molecule has 0 saturated carbocycles. The average Bonchev–Trinajstić information content (AvgIpc) is 3.00. The third kappa shape index (κ3) is 3.25. The maximum absolute atomic E-state index is 12.1. The number of urea groups is 1. The monoisotopic (exact) mass is 301 g/mol. The Morgan fingerprint density at radius 2 is 2.23 bits per heavy atom. The smallest absolute Gasteiger partial charge is 0.317 e. The van der Waals surface area contributed by atoms with E-state index in [-0.39, 0.29) is 6.03 Å². The number of nitrogens with one attached hydrogen (secondary N) is 1. The van der Waals surface area contributed by atoms with E-state index in [0.717, 1.165) is 16.8 Å². The molecule has 7 nitrogen and oxygen atoms in total. The van der Waals surface area contributed by atoms with Crippen molar-refractivity contribution in [3.05, 3.63) is 36.3 Å². The molecular formula is C15H19N5O2. The fraction of sp³-hybridized carbons (Fsp3) is 0.400. The molecule has 0 spiro atoms. The van der Waals surface area contributed by atoms with E-state index >= 15 is 0 Å². The summed E-state index contributed by atoms with van der Waals surface area (Å²) in [7, 11) is 1.87. The SMILES string of the molecule is Cn1cc(-c2ncccc2CNC(=O)N2CCOCC2)cn1. The number of pyridine rings is 1. The Kier molecular flexibility index (Phi) is 4.34. The summed E-state index contributed by atoms with van der Waals surface area (Å²) in [4.78, 5) is 18.3. The number of hydrogen-bond donors (Lipinski definition) is 1. The van der Waals surface area contributed by atoms with Gasteiger partial charge in [-0.25, -0.2) is 4.79 Å². The molecule has 1 fully saturated rings. The number of nitrogens with zero attached hydrogens (tertiary/aromatic N) is 4. The molecule has 7 heteroatoms. The van der Waals surface area contributed by atoms with Crippen molar-refractivity contribution in [3.8, 4) is 11.3 Å². The molecular weight excluding hydrogens is 282 g/mol. The molecule has 0 atom stereocenters. The summed E-state index contributed by atoms with van der Waals surface area (Å²) in [6.45, 7) is 2.90. The third-order valence-corrected chi connectivity index (χ3v) is 3.60. The minimum Gasteiger partial charge on any atom is -0.378 e. The highest BCUT2D eigenvalue weighted by Gasteiger charge is 2.17.